The van der Waals surface area contributed by atoms with Gasteiger partial charge in [-0.1, -0.05) is 25.2 Å². The average molecular weight is 128 g/mol. The molecule has 0 saturated heterocycles. The summed E-state index contributed by atoms with van der Waals surface area (Å²) >= 11 is 1.80. The van der Waals surface area contributed by atoms with Gasteiger partial charge in [-0.2, -0.15) is 0 Å². The highest BCUT2D eigenvalue weighted by atomic mass is 32.2. The van der Waals surface area contributed by atoms with Crippen molar-refractivity contribution in [3.63, 3.8) is 0 Å². The van der Waals surface area contributed by atoms with E-state index < -0.39 is 0 Å². The van der Waals surface area contributed by atoms with E-state index in [-0.39, 0.29) is 0 Å². The van der Waals surface area contributed by atoms with Crippen molar-refractivity contribution in [1.29, 1.82) is 0 Å². The first-order valence-corrected chi connectivity index (χ1v) is 3.76. The molecule has 0 spiro atoms. The summed E-state index contributed by atoms with van der Waals surface area (Å²) in [7, 11) is 0. The van der Waals surface area contributed by atoms with Gasteiger partial charge in [0.25, 0.3) is 0 Å². The fourth-order valence-electron chi connectivity index (χ4n) is 0.260. The summed E-state index contributed by atoms with van der Waals surface area (Å²) in [4.78, 5) is 0. The van der Waals surface area contributed by atoms with Gasteiger partial charge < -0.3 is 0 Å². The molecule has 0 nitrogen and oxygen atoms in total. The fraction of sp³-hybridized carbons (Fsp3) is 0.429. The number of rotatable bonds is 3. The molecule has 0 aliphatic heterocycles. The van der Waals surface area contributed by atoms with Crippen LogP contribution in [0.3, 0.4) is 0 Å². The minimum atomic E-state index is 1.12. The summed E-state index contributed by atoms with van der Waals surface area (Å²) in [6, 6.07) is 0. The van der Waals surface area contributed by atoms with Crippen LogP contribution in [0.15, 0.2) is 23.6 Å². The standard InChI is InChI=1S/C7H12S/c1-4-8-6-5-7(2)3/h5-6H,2,4H2,1,3H3/b6-5-. The first kappa shape index (κ1) is 7.83. The Morgan fingerprint density at radius 2 is 2.38 bits per heavy atom. The minimum absolute atomic E-state index is 1.12. The van der Waals surface area contributed by atoms with E-state index in [9.17, 15) is 0 Å². The van der Waals surface area contributed by atoms with Crippen LogP contribution in [-0.4, -0.2) is 5.75 Å². The molecule has 1 heteroatoms. The number of thioether (sulfide) groups is 1. The largest absolute Gasteiger partial charge is 0.134 e. The second-order valence-corrected chi connectivity index (χ2v) is 2.79. The highest BCUT2D eigenvalue weighted by molar-refractivity contribution is 8.02. The minimum Gasteiger partial charge on any atom is -0.134 e. The molecule has 0 N–H and O–H groups in total. The molecule has 0 bridgehead atoms. The Hall–Kier alpha value is -0.170. The molecular formula is C7H12S. The normalized spacial score (nSPS) is 10.2. The molecule has 0 atom stereocenters. The molecule has 0 heterocycles. The van der Waals surface area contributed by atoms with Crippen molar-refractivity contribution in [2.45, 2.75) is 13.8 Å². The lowest BCUT2D eigenvalue weighted by molar-refractivity contribution is 1.53. The van der Waals surface area contributed by atoms with Crippen LogP contribution in [0.1, 0.15) is 13.8 Å². The molecule has 0 aromatic rings. The monoisotopic (exact) mass is 128 g/mol. The van der Waals surface area contributed by atoms with Crippen LogP contribution < -0.4 is 0 Å². The van der Waals surface area contributed by atoms with Gasteiger partial charge in [-0.05, 0) is 18.1 Å². The topological polar surface area (TPSA) is 0 Å². The predicted octanol–water partition coefficient (Wildman–Crippen LogP) is 2.83. The summed E-state index contributed by atoms with van der Waals surface area (Å²) in [6.45, 7) is 7.85. The second-order valence-electron chi connectivity index (χ2n) is 1.60. The highest BCUT2D eigenvalue weighted by Crippen LogP contribution is 2.01. The molecule has 0 radical (unpaired) electrons. The van der Waals surface area contributed by atoms with Gasteiger partial charge in [-0.25, -0.2) is 0 Å². The lowest BCUT2D eigenvalue weighted by atomic mass is 10.4. The van der Waals surface area contributed by atoms with Gasteiger partial charge in [0.05, 0.1) is 0 Å². The van der Waals surface area contributed by atoms with E-state index in [1.807, 2.05) is 13.0 Å². The summed E-state index contributed by atoms with van der Waals surface area (Å²) < 4.78 is 0. The van der Waals surface area contributed by atoms with E-state index in [1.165, 1.54) is 0 Å². The zero-order valence-electron chi connectivity index (χ0n) is 5.48. The molecule has 0 aromatic heterocycles. The Balaban J connectivity index is 3.20. The Kier molecular flexibility index (Phi) is 4.87. The Morgan fingerprint density at radius 1 is 1.75 bits per heavy atom. The highest BCUT2D eigenvalue weighted by Gasteiger charge is 1.72. The summed E-state index contributed by atoms with van der Waals surface area (Å²) in [5, 5.41) is 2.07. The van der Waals surface area contributed by atoms with Gasteiger partial charge in [0.1, 0.15) is 0 Å². The van der Waals surface area contributed by atoms with Crippen LogP contribution in [0.2, 0.25) is 0 Å². The maximum absolute atomic E-state index is 3.73. The molecule has 0 saturated carbocycles. The van der Waals surface area contributed by atoms with Crippen LogP contribution in [0.4, 0.5) is 0 Å². The van der Waals surface area contributed by atoms with Gasteiger partial charge in [-0.15, -0.1) is 11.8 Å². The van der Waals surface area contributed by atoms with Gasteiger partial charge in [0, 0.05) is 0 Å². The molecule has 0 amide bonds. The van der Waals surface area contributed by atoms with Crippen LogP contribution in [0.25, 0.3) is 0 Å². The third-order valence-electron chi connectivity index (χ3n) is 0.615. The van der Waals surface area contributed by atoms with Crippen molar-refractivity contribution in [3.05, 3.63) is 23.6 Å². The van der Waals surface area contributed by atoms with Crippen molar-refractivity contribution >= 4 is 11.8 Å². The number of hydrogen-bond donors (Lipinski definition) is 0. The molecule has 0 unspecified atom stereocenters. The van der Waals surface area contributed by atoms with E-state index in [4.69, 9.17) is 0 Å². The molecule has 8 heavy (non-hydrogen) atoms. The van der Waals surface area contributed by atoms with E-state index in [0.29, 0.717) is 0 Å². The summed E-state index contributed by atoms with van der Waals surface area (Å²) in [6.07, 6.45) is 2.02. The predicted molar refractivity (Wildman–Crippen MR) is 42.1 cm³/mol. The first-order chi connectivity index (χ1) is 3.77. The van der Waals surface area contributed by atoms with Gasteiger partial charge in [-0.3, -0.25) is 0 Å². The lowest BCUT2D eigenvalue weighted by Crippen LogP contribution is -1.60. The molecule has 0 rings (SSSR count). The first-order valence-electron chi connectivity index (χ1n) is 2.71. The van der Waals surface area contributed by atoms with Crippen LogP contribution in [-0.2, 0) is 0 Å². The third-order valence-corrected chi connectivity index (χ3v) is 1.28. The second kappa shape index (κ2) is 4.98. The van der Waals surface area contributed by atoms with E-state index in [1.54, 1.807) is 11.8 Å². The average Bonchev–Trinajstić information content (AvgIpc) is 1.66. The molecule has 0 aliphatic rings. The van der Waals surface area contributed by atoms with E-state index >= 15 is 0 Å². The van der Waals surface area contributed by atoms with Gasteiger partial charge in [0.15, 0.2) is 0 Å². The van der Waals surface area contributed by atoms with Gasteiger partial charge >= 0.3 is 0 Å². The third kappa shape index (κ3) is 5.83. The summed E-state index contributed by atoms with van der Waals surface area (Å²) in [5.41, 5.74) is 1.12. The smallest absolute Gasteiger partial charge is 0.00544 e. The maximum Gasteiger partial charge on any atom is -0.00544 e. The van der Waals surface area contributed by atoms with Crippen molar-refractivity contribution in [3.8, 4) is 0 Å². The Morgan fingerprint density at radius 3 is 2.75 bits per heavy atom. The fourth-order valence-corrected chi connectivity index (χ4v) is 0.781. The van der Waals surface area contributed by atoms with Crippen molar-refractivity contribution < 1.29 is 0 Å². The van der Waals surface area contributed by atoms with Crippen LogP contribution in [0.5, 0.6) is 0 Å². The maximum atomic E-state index is 3.73. The SMILES string of the molecule is C=C(C)/C=C\SCC. The van der Waals surface area contributed by atoms with E-state index in [2.05, 4.69) is 18.9 Å². The molecule has 0 fully saturated rings. The molecule has 46 valence electrons. The number of hydrogen-bond acceptors (Lipinski definition) is 1. The summed E-state index contributed by atoms with van der Waals surface area (Å²) in [5.74, 6) is 1.14. The molecule has 0 aliphatic carbocycles. The Labute approximate surface area is 55.7 Å². The molecule has 0 aromatic carbocycles. The quantitative estimate of drug-likeness (QED) is 0.527. The van der Waals surface area contributed by atoms with Gasteiger partial charge in [0.2, 0.25) is 0 Å². The van der Waals surface area contributed by atoms with Crippen molar-refractivity contribution in [2.75, 3.05) is 5.75 Å². The van der Waals surface area contributed by atoms with Crippen molar-refractivity contribution in [1.82, 2.24) is 0 Å². The van der Waals surface area contributed by atoms with E-state index in [0.717, 1.165) is 11.3 Å². The van der Waals surface area contributed by atoms with Crippen molar-refractivity contribution in [2.24, 2.45) is 0 Å². The molecular weight excluding hydrogens is 116 g/mol. The number of allylic oxidation sites excluding steroid dienone is 2. The Bertz CT molecular complexity index is 92.6. The van der Waals surface area contributed by atoms with Crippen LogP contribution >= 0.6 is 11.8 Å². The van der Waals surface area contributed by atoms with Crippen LogP contribution in [0, 0.1) is 0 Å². The zero-order chi connectivity index (χ0) is 6.41. The zero-order valence-corrected chi connectivity index (χ0v) is 6.29. The lowest BCUT2D eigenvalue weighted by Gasteiger charge is -1.83.